The van der Waals surface area contributed by atoms with Gasteiger partial charge in [0.25, 0.3) is 0 Å². The molecule has 4 rings (SSSR count). The molecule has 3 heterocycles. The molecule has 0 radical (unpaired) electrons. The lowest BCUT2D eigenvalue weighted by Crippen LogP contribution is -2.50. The molecule has 1 aromatic heterocycles. The zero-order valence-corrected chi connectivity index (χ0v) is 17.5. The summed E-state index contributed by atoms with van der Waals surface area (Å²) >= 11 is 1.68. The number of carbonyl (C=O) groups excluding carboxylic acids is 2. The molecule has 2 atom stereocenters. The van der Waals surface area contributed by atoms with E-state index in [4.69, 9.17) is 4.42 Å². The summed E-state index contributed by atoms with van der Waals surface area (Å²) in [5.74, 6) is 3.42. The van der Waals surface area contributed by atoms with Crippen LogP contribution in [0, 0.1) is 12.8 Å². The number of thioether (sulfide) groups is 1. The lowest BCUT2D eigenvalue weighted by atomic mass is 10.1. The lowest BCUT2D eigenvalue weighted by molar-refractivity contribution is -0.141. The summed E-state index contributed by atoms with van der Waals surface area (Å²) in [6, 6.07) is 3.73. The number of hydrogen-bond donors (Lipinski definition) is 1. The molecule has 3 fully saturated rings. The minimum Gasteiger partial charge on any atom is -0.465 e. The van der Waals surface area contributed by atoms with E-state index in [0.29, 0.717) is 18.2 Å². The number of likely N-dealkylation sites (tertiary alicyclic amines) is 1. The smallest absolute Gasteiger partial charge is 0.243 e. The second-order valence-corrected chi connectivity index (χ2v) is 9.26. The van der Waals surface area contributed by atoms with Crippen LogP contribution in [-0.4, -0.2) is 58.9 Å². The van der Waals surface area contributed by atoms with Crippen LogP contribution < -0.4 is 5.32 Å². The SMILES string of the molecule is Cc1ccc(C(CNC(=O)C2CSCN2C(=O)C2CCCC2)N2CCCC2)o1. The van der Waals surface area contributed by atoms with Gasteiger partial charge in [0.2, 0.25) is 11.8 Å². The maximum atomic E-state index is 13.0. The van der Waals surface area contributed by atoms with Crippen molar-refractivity contribution < 1.29 is 14.0 Å². The summed E-state index contributed by atoms with van der Waals surface area (Å²) in [7, 11) is 0. The molecular formula is C21H31N3O3S. The first-order valence-electron chi connectivity index (χ1n) is 10.6. The van der Waals surface area contributed by atoms with Crippen molar-refractivity contribution in [1.82, 2.24) is 15.1 Å². The third kappa shape index (κ3) is 4.25. The molecule has 0 bridgehead atoms. The number of aryl methyl sites for hydroxylation is 1. The highest BCUT2D eigenvalue weighted by atomic mass is 32.2. The Balaban J connectivity index is 1.39. The molecule has 1 saturated carbocycles. The van der Waals surface area contributed by atoms with Gasteiger partial charge in [-0.1, -0.05) is 12.8 Å². The third-order valence-corrected chi connectivity index (χ3v) is 7.33. The Morgan fingerprint density at radius 2 is 1.96 bits per heavy atom. The molecule has 6 nitrogen and oxygen atoms in total. The van der Waals surface area contributed by atoms with Crippen LogP contribution in [-0.2, 0) is 9.59 Å². The fourth-order valence-corrected chi connectivity index (χ4v) is 5.86. The quantitative estimate of drug-likeness (QED) is 0.788. The van der Waals surface area contributed by atoms with E-state index in [1.54, 1.807) is 11.8 Å². The third-order valence-electron chi connectivity index (χ3n) is 6.31. The first kappa shape index (κ1) is 19.8. The molecule has 0 aromatic carbocycles. The second kappa shape index (κ2) is 8.91. The standard InChI is InChI=1S/C21H31N3O3S/c1-15-8-9-19(27-15)17(23-10-4-5-11-23)12-22-20(25)18-13-28-14-24(18)21(26)16-6-2-3-7-16/h8-9,16-18H,2-7,10-14H2,1H3,(H,22,25). The minimum atomic E-state index is -0.337. The predicted molar refractivity (Wildman–Crippen MR) is 110 cm³/mol. The average molecular weight is 406 g/mol. The van der Waals surface area contributed by atoms with E-state index < -0.39 is 0 Å². The Labute approximate surface area is 171 Å². The van der Waals surface area contributed by atoms with Crippen molar-refractivity contribution in [3.05, 3.63) is 23.7 Å². The molecule has 2 amide bonds. The van der Waals surface area contributed by atoms with E-state index in [-0.39, 0.29) is 29.8 Å². The van der Waals surface area contributed by atoms with E-state index in [0.717, 1.165) is 50.3 Å². The first-order chi connectivity index (χ1) is 13.6. The molecule has 2 aliphatic heterocycles. The Morgan fingerprint density at radius 3 is 2.64 bits per heavy atom. The van der Waals surface area contributed by atoms with Gasteiger partial charge in [-0.15, -0.1) is 11.8 Å². The summed E-state index contributed by atoms with van der Waals surface area (Å²) in [6.07, 6.45) is 6.59. The summed E-state index contributed by atoms with van der Waals surface area (Å²) in [5, 5.41) is 3.14. The van der Waals surface area contributed by atoms with Crippen LogP contribution in [0.2, 0.25) is 0 Å². The van der Waals surface area contributed by atoms with E-state index >= 15 is 0 Å². The second-order valence-electron chi connectivity index (χ2n) is 8.26. The largest absolute Gasteiger partial charge is 0.465 e. The Morgan fingerprint density at radius 1 is 1.21 bits per heavy atom. The molecule has 3 aliphatic rings. The van der Waals surface area contributed by atoms with Crippen molar-refractivity contribution in [2.45, 2.75) is 57.5 Å². The van der Waals surface area contributed by atoms with Gasteiger partial charge < -0.3 is 14.6 Å². The van der Waals surface area contributed by atoms with E-state index in [1.165, 1.54) is 12.8 Å². The van der Waals surface area contributed by atoms with Crippen molar-refractivity contribution in [2.75, 3.05) is 31.3 Å². The van der Waals surface area contributed by atoms with E-state index in [1.807, 2.05) is 24.0 Å². The maximum Gasteiger partial charge on any atom is 0.243 e. The number of furan rings is 1. The van der Waals surface area contributed by atoms with Gasteiger partial charge in [-0.2, -0.15) is 0 Å². The van der Waals surface area contributed by atoms with E-state index in [9.17, 15) is 9.59 Å². The zero-order chi connectivity index (χ0) is 19.5. The van der Waals surface area contributed by atoms with Gasteiger partial charge in [-0.25, -0.2) is 0 Å². The molecule has 28 heavy (non-hydrogen) atoms. The normalized spacial score (nSPS) is 24.8. The minimum absolute atomic E-state index is 0.0242. The van der Waals surface area contributed by atoms with Gasteiger partial charge in [0.15, 0.2) is 0 Å². The molecule has 2 unspecified atom stereocenters. The van der Waals surface area contributed by atoms with Gasteiger partial charge in [0, 0.05) is 18.2 Å². The highest BCUT2D eigenvalue weighted by molar-refractivity contribution is 7.99. The molecule has 2 saturated heterocycles. The fraction of sp³-hybridized carbons (Fsp3) is 0.714. The number of hydrogen-bond acceptors (Lipinski definition) is 5. The van der Waals surface area contributed by atoms with Gasteiger partial charge >= 0.3 is 0 Å². The van der Waals surface area contributed by atoms with Gasteiger partial charge in [-0.3, -0.25) is 14.5 Å². The average Bonchev–Trinajstić information content (AvgIpc) is 3.48. The Kier molecular flexibility index (Phi) is 6.31. The number of nitrogens with zero attached hydrogens (tertiary/aromatic N) is 2. The van der Waals surface area contributed by atoms with Gasteiger partial charge in [0.05, 0.1) is 11.9 Å². The van der Waals surface area contributed by atoms with E-state index in [2.05, 4.69) is 10.2 Å². The van der Waals surface area contributed by atoms with Crippen molar-refractivity contribution in [3.8, 4) is 0 Å². The van der Waals surface area contributed by atoms with Crippen LogP contribution in [0.4, 0.5) is 0 Å². The Hall–Kier alpha value is -1.47. The van der Waals surface area contributed by atoms with Gasteiger partial charge in [0.1, 0.15) is 17.6 Å². The zero-order valence-electron chi connectivity index (χ0n) is 16.7. The van der Waals surface area contributed by atoms with Gasteiger partial charge in [-0.05, 0) is 57.8 Å². The van der Waals surface area contributed by atoms with Crippen LogP contribution in [0.3, 0.4) is 0 Å². The predicted octanol–water partition coefficient (Wildman–Crippen LogP) is 2.93. The van der Waals surface area contributed by atoms with Crippen LogP contribution in [0.15, 0.2) is 16.5 Å². The number of rotatable bonds is 6. The summed E-state index contributed by atoms with van der Waals surface area (Å²) in [4.78, 5) is 30.0. The summed E-state index contributed by atoms with van der Waals surface area (Å²) < 4.78 is 5.88. The fourth-order valence-electron chi connectivity index (χ4n) is 4.69. The Bertz CT molecular complexity index is 695. The van der Waals surface area contributed by atoms with Crippen LogP contribution in [0.5, 0.6) is 0 Å². The molecule has 1 N–H and O–H groups in total. The van der Waals surface area contributed by atoms with Crippen molar-refractivity contribution in [1.29, 1.82) is 0 Å². The summed E-state index contributed by atoms with van der Waals surface area (Å²) in [6.45, 7) is 4.54. The number of carbonyl (C=O) groups is 2. The van der Waals surface area contributed by atoms with Crippen molar-refractivity contribution >= 4 is 23.6 Å². The van der Waals surface area contributed by atoms with Crippen molar-refractivity contribution in [2.24, 2.45) is 5.92 Å². The van der Waals surface area contributed by atoms with Crippen LogP contribution in [0.1, 0.15) is 56.1 Å². The lowest BCUT2D eigenvalue weighted by Gasteiger charge is -2.29. The molecule has 154 valence electrons. The molecule has 1 aliphatic carbocycles. The number of amides is 2. The highest BCUT2D eigenvalue weighted by Crippen LogP contribution is 2.31. The molecule has 1 aromatic rings. The molecule has 7 heteroatoms. The highest BCUT2D eigenvalue weighted by Gasteiger charge is 2.38. The van der Waals surface area contributed by atoms with Crippen molar-refractivity contribution in [3.63, 3.8) is 0 Å². The molecule has 0 spiro atoms. The topological polar surface area (TPSA) is 65.8 Å². The molecular weight excluding hydrogens is 374 g/mol. The first-order valence-corrected chi connectivity index (χ1v) is 11.8. The van der Waals surface area contributed by atoms with Crippen LogP contribution in [0.25, 0.3) is 0 Å². The summed E-state index contributed by atoms with van der Waals surface area (Å²) in [5.41, 5.74) is 0. The van der Waals surface area contributed by atoms with Crippen LogP contribution >= 0.6 is 11.8 Å². The maximum absolute atomic E-state index is 13.0. The number of nitrogens with one attached hydrogen (secondary N) is 1. The monoisotopic (exact) mass is 405 g/mol.